The summed E-state index contributed by atoms with van der Waals surface area (Å²) in [6, 6.07) is 3.84. The fourth-order valence-corrected chi connectivity index (χ4v) is 3.76. The molecule has 1 aromatic carbocycles. The van der Waals surface area contributed by atoms with Crippen molar-refractivity contribution in [2.75, 3.05) is 30.8 Å². The number of piperazine rings is 1. The third kappa shape index (κ3) is 3.22. The van der Waals surface area contributed by atoms with Gasteiger partial charge < -0.3 is 10.2 Å². The van der Waals surface area contributed by atoms with E-state index in [0.29, 0.717) is 16.0 Å². The molecule has 0 saturated carbocycles. The smallest absolute Gasteiger partial charge is 0.175 e. The number of nitrogens with one attached hydrogen (secondary N) is 1. The molecule has 0 radical (unpaired) electrons. The number of hydrogen-bond donors (Lipinski definition) is 1. The number of nitrogens with zero attached hydrogens (tertiary/aromatic N) is 1. The van der Waals surface area contributed by atoms with Crippen LogP contribution in [0.25, 0.3) is 0 Å². The summed E-state index contributed by atoms with van der Waals surface area (Å²) in [5, 5.41) is 3.87. The molecule has 6 heteroatoms. The van der Waals surface area contributed by atoms with Gasteiger partial charge in [-0.1, -0.05) is 11.6 Å². The van der Waals surface area contributed by atoms with Crippen LogP contribution in [0.3, 0.4) is 0 Å². The summed E-state index contributed by atoms with van der Waals surface area (Å²) >= 11 is 6.26. The predicted octanol–water partition coefficient (Wildman–Crippen LogP) is 1.85. The average molecular weight is 303 g/mol. The van der Waals surface area contributed by atoms with Crippen LogP contribution in [0.4, 0.5) is 5.69 Å². The molecule has 0 aromatic heterocycles. The first-order chi connectivity index (χ1) is 8.79. The summed E-state index contributed by atoms with van der Waals surface area (Å²) in [6.45, 7) is 6.59. The van der Waals surface area contributed by atoms with Crippen molar-refractivity contribution >= 4 is 27.1 Å². The Morgan fingerprint density at radius 1 is 1.42 bits per heavy atom. The Hall–Kier alpha value is -0.780. The van der Waals surface area contributed by atoms with E-state index in [1.165, 1.54) is 6.26 Å². The van der Waals surface area contributed by atoms with Crippen LogP contribution in [-0.2, 0) is 9.84 Å². The Balaban J connectivity index is 2.41. The van der Waals surface area contributed by atoms with Gasteiger partial charge in [-0.05, 0) is 31.5 Å². The van der Waals surface area contributed by atoms with Gasteiger partial charge in [0.25, 0.3) is 0 Å². The molecule has 4 nitrogen and oxygen atoms in total. The SMILES string of the molecule is Cc1cc(N2CCN[C@H](C)C2)c(Cl)cc1S(C)(=O)=O. The van der Waals surface area contributed by atoms with Gasteiger partial charge in [-0.3, -0.25) is 0 Å². The molecule has 1 heterocycles. The van der Waals surface area contributed by atoms with E-state index in [2.05, 4.69) is 17.1 Å². The summed E-state index contributed by atoms with van der Waals surface area (Å²) < 4.78 is 23.3. The van der Waals surface area contributed by atoms with E-state index in [4.69, 9.17) is 11.6 Å². The first kappa shape index (κ1) is 14.6. The number of halogens is 1. The summed E-state index contributed by atoms with van der Waals surface area (Å²) in [6.07, 6.45) is 1.21. The summed E-state index contributed by atoms with van der Waals surface area (Å²) in [5.41, 5.74) is 1.66. The molecule has 1 atom stereocenters. The number of anilines is 1. The molecule has 19 heavy (non-hydrogen) atoms. The van der Waals surface area contributed by atoms with Gasteiger partial charge in [-0.2, -0.15) is 0 Å². The van der Waals surface area contributed by atoms with E-state index in [-0.39, 0.29) is 0 Å². The van der Waals surface area contributed by atoms with Crippen molar-refractivity contribution < 1.29 is 8.42 Å². The van der Waals surface area contributed by atoms with Crippen LogP contribution in [0.2, 0.25) is 5.02 Å². The van der Waals surface area contributed by atoms with Crippen LogP contribution < -0.4 is 10.2 Å². The topological polar surface area (TPSA) is 49.4 Å². The highest BCUT2D eigenvalue weighted by Gasteiger charge is 2.21. The molecule has 0 bridgehead atoms. The Kier molecular flexibility index (Phi) is 4.08. The summed E-state index contributed by atoms with van der Waals surface area (Å²) in [5.74, 6) is 0. The highest BCUT2D eigenvalue weighted by Crippen LogP contribution is 2.31. The van der Waals surface area contributed by atoms with E-state index in [9.17, 15) is 8.42 Å². The molecule has 0 unspecified atom stereocenters. The van der Waals surface area contributed by atoms with Gasteiger partial charge in [0, 0.05) is 31.9 Å². The lowest BCUT2D eigenvalue weighted by Crippen LogP contribution is -2.49. The minimum Gasteiger partial charge on any atom is -0.367 e. The molecule has 2 rings (SSSR count). The van der Waals surface area contributed by atoms with Crippen molar-refractivity contribution in [3.05, 3.63) is 22.7 Å². The first-order valence-electron chi connectivity index (χ1n) is 6.27. The number of hydrogen-bond acceptors (Lipinski definition) is 4. The molecular formula is C13H19ClN2O2S. The molecule has 1 aliphatic rings. The zero-order valence-electron chi connectivity index (χ0n) is 11.4. The Labute approximate surface area is 119 Å². The molecule has 0 aliphatic carbocycles. The number of rotatable bonds is 2. The Morgan fingerprint density at radius 3 is 2.68 bits per heavy atom. The standard InChI is InChI=1S/C13H19ClN2O2S/c1-9-6-12(16-5-4-15-10(2)8-16)11(14)7-13(9)19(3,17)18/h6-7,10,15H,4-5,8H2,1-3H3/t10-/m1/s1. The number of aryl methyl sites for hydroxylation is 1. The highest BCUT2D eigenvalue weighted by molar-refractivity contribution is 7.90. The molecule has 1 saturated heterocycles. The molecule has 0 amide bonds. The second kappa shape index (κ2) is 5.31. The maximum Gasteiger partial charge on any atom is 0.175 e. The summed E-state index contributed by atoms with van der Waals surface area (Å²) in [7, 11) is -3.23. The lowest BCUT2D eigenvalue weighted by Gasteiger charge is -2.34. The molecule has 0 spiro atoms. The average Bonchev–Trinajstić information content (AvgIpc) is 2.30. The van der Waals surface area contributed by atoms with Gasteiger partial charge in [0.15, 0.2) is 9.84 Å². The molecule has 106 valence electrons. The van der Waals surface area contributed by atoms with Crippen LogP contribution in [0, 0.1) is 6.92 Å². The van der Waals surface area contributed by atoms with E-state index in [1.54, 1.807) is 6.07 Å². The molecule has 1 aliphatic heterocycles. The lowest BCUT2D eigenvalue weighted by molar-refractivity contribution is 0.485. The van der Waals surface area contributed by atoms with Crippen molar-refractivity contribution in [3.63, 3.8) is 0 Å². The van der Waals surface area contributed by atoms with Crippen molar-refractivity contribution in [2.45, 2.75) is 24.8 Å². The van der Waals surface area contributed by atoms with Gasteiger partial charge in [-0.15, -0.1) is 0 Å². The van der Waals surface area contributed by atoms with Gasteiger partial charge in [-0.25, -0.2) is 8.42 Å². The third-order valence-electron chi connectivity index (χ3n) is 3.35. The van der Waals surface area contributed by atoms with Crippen molar-refractivity contribution in [2.24, 2.45) is 0 Å². The highest BCUT2D eigenvalue weighted by atomic mass is 35.5. The maximum absolute atomic E-state index is 11.7. The molecule has 1 aromatic rings. The van der Waals surface area contributed by atoms with E-state index in [1.807, 2.05) is 13.0 Å². The zero-order valence-corrected chi connectivity index (χ0v) is 13.0. The Bertz CT molecular complexity index is 587. The monoisotopic (exact) mass is 302 g/mol. The van der Waals surface area contributed by atoms with Gasteiger partial charge in [0.2, 0.25) is 0 Å². The van der Waals surface area contributed by atoms with Crippen LogP contribution in [0.1, 0.15) is 12.5 Å². The van der Waals surface area contributed by atoms with Crippen molar-refractivity contribution in [1.29, 1.82) is 0 Å². The number of sulfone groups is 1. The Morgan fingerprint density at radius 2 is 2.11 bits per heavy atom. The normalized spacial score (nSPS) is 20.6. The maximum atomic E-state index is 11.7. The third-order valence-corrected chi connectivity index (χ3v) is 4.89. The van der Waals surface area contributed by atoms with E-state index >= 15 is 0 Å². The quantitative estimate of drug-likeness (QED) is 0.906. The second-order valence-electron chi connectivity index (χ2n) is 5.14. The predicted molar refractivity (Wildman–Crippen MR) is 79.0 cm³/mol. The molecular weight excluding hydrogens is 284 g/mol. The van der Waals surface area contributed by atoms with Crippen LogP contribution >= 0.6 is 11.6 Å². The fourth-order valence-electron chi connectivity index (χ4n) is 2.44. The van der Waals surface area contributed by atoms with Crippen molar-refractivity contribution in [1.82, 2.24) is 5.32 Å². The van der Waals surface area contributed by atoms with Crippen LogP contribution in [0.15, 0.2) is 17.0 Å². The van der Waals surface area contributed by atoms with E-state index in [0.717, 1.165) is 30.9 Å². The largest absolute Gasteiger partial charge is 0.367 e. The van der Waals surface area contributed by atoms with Crippen LogP contribution in [0.5, 0.6) is 0 Å². The van der Waals surface area contributed by atoms with Gasteiger partial charge in [0.05, 0.1) is 15.6 Å². The van der Waals surface area contributed by atoms with Gasteiger partial charge in [0.1, 0.15) is 0 Å². The molecule has 1 N–H and O–H groups in total. The second-order valence-corrected chi connectivity index (χ2v) is 7.53. The van der Waals surface area contributed by atoms with Crippen molar-refractivity contribution in [3.8, 4) is 0 Å². The van der Waals surface area contributed by atoms with Gasteiger partial charge >= 0.3 is 0 Å². The lowest BCUT2D eigenvalue weighted by atomic mass is 10.1. The minimum absolute atomic E-state index is 0.310. The zero-order chi connectivity index (χ0) is 14.2. The van der Waals surface area contributed by atoms with Crippen LogP contribution in [-0.4, -0.2) is 40.3 Å². The minimum atomic E-state index is -3.23. The fraction of sp³-hybridized carbons (Fsp3) is 0.538. The molecule has 1 fully saturated rings. The van der Waals surface area contributed by atoms with E-state index < -0.39 is 9.84 Å². The summed E-state index contributed by atoms with van der Waals surface area (Å²) in [4.78, 5) is 2.51. The number of benzene rings is 1. The first-order valence-corrected chi connectivity index (χ1v) is 8.54.